The molecule has 0 bridgehead atoms. The molecule has 0 unspecified atom stereocenters. The third kappa shape index (κ3) is 2.68. The van der Waals surface area contributed by atoms with Crippen LogP contribution in [0.15, 0.2) is 40.3 Å². The topological polar surface area (TPSA) is 110 Å². The number of nitrogens with one attached hydrogen (secondary N) is 2. The molecule has 1 saturated carbocycles. The molecule has 1 aromatic carbocycles. The Hall–Kier alpha value is -3.07. The highest BCUT2D eigenvalue weighted by atomic mass is 32.2. The van der Waals surface area contributed by atoms with Gasteiger partial charge < -0.3 is 19.6 Å². The molecule has 0 saturated heterocycles. The Morgan fingerprint density at radius 3 is 2.57 bits per heavy atom. The standard InChI is InChI=1S/C21H21N3O5S/c1-24-11-15(13-5-8-22-17(13)19(24)25)14-9-12(30(2,27)28)10-16-18(14)29-21(20(26)23-16)6-3-4-7-21/h5,8-11,22H,3-4,6-7H2,1-2H3,(H,23,26). The SMILES string of the molecule is Cn1cc(-c2cc(S(C)(=O)=O)cc3c2OC2(CCCC2)C(=O)N3)c2cc[nH]c2c1=O. The van der Waals surface area contributed by atoms with Gasteiger partial charge in [0.2, 0.25) is 0 Å². The first kappa shape index (κ1) is 18.9. The largest absolute Gasteiger partial charge is 0.475 e. The van der Waals surface area contributed by atoms with Crippen LogP contribution >= 0.6 is 0 Å². The molecule has 2 aromatic heterocycles. The quantitative estimate of drug-likeness (QED) is 0.653. The summed E-state index contributed by atoms with van der Waals surface area (Å²) in [5.74, 6) is 0.196. The van der Waals surface area contributed by atoms with Gasteiger partial charge in [-0.15, -0.1) is 0 Å². The second-order valence-corrected chi connectivity index (χ2v) is 10.1. The summed E-state index contributed by atoms with van der Waals surface area (Å²) in [7, 11) is -1.91. The number of rotatable bonds is 2. The number of aromatic amines is 1. The Morgan fingerprint density at radius 2 is 1.87 bits per heavy atom. The minimum atomic E-state index is -3.55. The van der Waals surface area contributed by atoms with Crippen molar-refractivity contribution >= 4 is 32.3 Å². The van der Waals surface area contributed by atoms with E-state index in [0.717, 1.165) is 19.1 Å². The van der Waals surface area contributed by atoms with Gasteiger partial charge >= 0.3 is 0 Å². The number of aromatic nitrogens is 2. The van der Waals surface area contributed by atoms with Crippen LogP contribution < -0.4 is 15.6 Å². The molecule has 1 spiro atoms. The summed E-state index contributed by atoms with van der Waals surface area (Å²) in [6, 6.07) is 4.77. The molecular formula is C21H21N3O5S. The first-order chi connectivity index (χ1) is 14.2. The molecule has 5 rings (SSSR count). The number of pyridine rings is 1. The molecule has 8 nitrogen and oxygen atoms in total. The van der Waals surface area contributed by atoms with Crippen LogP contribution in [0.5, 0.6) is 5.75 Å². The second kappa shape index (κ2) is 6.21. The van der Waals surface area contributed by atoms with E-state index in [0.29, 0.717) is 46.3 Å². The number of hydrogen-bond donors (Lipinski definition) is 2. The van der Waals surface area contributed by atoms with E-state index in [-0.39, 0.29) is 16.4 Å². The van der Waals surface area contributed by atoms with Crippen molar-refractivity contribution in [1.29, 1.82) is 0 Å². The molecule has 2 aliphatic rings. The molecule has 3 aromatic rings. The number of benzene rings is 1. The van der Waals surface area contributed by atoms with E-state index in [2.05, 4.69) is 10.3 Å². The summed E-state index contributed by atoms with van der Waals surface area (Å²) in [6.45, 7) is 0. The fourth-order valence-corrected chi connectivity index (χ4v) is 5.12. The number of hydrogen-bond acceptors (Lipinski definition) is 5. The lowest BCUT2D eigenvalue weighted by Crippen LogP contribution is -2.48. The normalized spacial score (nSPS) is 17.7. The van der Waals surface area contributed by atoms with Gasteiger partial charge in [0.05, 0.1) is 10.6 Å². The van der Waals surface area contributed by atoms with Crippen LogP contribution in [0.3, 0.4) is 0 Å². The van der Waals surface area contributed by atoms with Gasteiger partial charge in [-0.3, -0.25) is 9.59 Å². The van der Waals surface area contributed by atoms with Gasteiger partial charge in [0.25, 0.3) is 11.5 Å². The molecule has 2 N–H and O–H groups in total. The minimum Gasteiger partial charge on any atom is -0.475 e. The van der Waals surface area contributed by atoms with Crippen LogP contribution in [-0.4, -0.2) is 35.7 Å². The predicted molar refractivity (Wildman–Crippen MR) is 113 cm³/mol. The molecule has 9 heteroatoms. The van der Waals surface area contributed by atoms with Gasteiger partial charge in [-0.2, -0.15) is 0 Å². The van der Waals surface area contributed by atoms with Crippen molar-refractivity contribution in [2.24, 2.45) is 7.05 Å². The molecule has 1 aliphatic carbocycles. The fourth-order valence-electron chi connectivity index (χ4n) is 4.46. The van der Waals surface area contributed by atoms with E-state index >= 15 is 0 Å². The van der Waals surface area contributed by atoms with Crippen molar-refractivity contribution in [2.45, 2.75) is 36.2 Å². The third-order valence-corrected chi connectivity index (χ3v) is 7.14. The molecule has 1 fully saturated rings. The van der Waals surface area contributed by atoms with Gasteiger partial charge in [0.1, 0.15) is 5.52 Å². The maximum atomic E-state index is 12.8. The number of sulfone groups is 1. The minimum absolute atomic E-state index is 0.0695. The van der Waals surface area contributed by atoms with Gasteiger partial charge in [0.15, 0.2) is 21.2 Å². The van der Waals surface area contributed by atoms with Crippen molar-refractivity contribution < 1.29 is 17.9 Å². The Bertz CT molecular complexity index is 1380. The van der Waals surface area contributed by atoms with Crippen LogP contribution in [-0.2, 0) is 21.7 Å². The Balaban J connectivity index is 1.84. The number of ether oxygens (including phenoxy) is 1. The maximum absolute atomic E-state index is 12.8. The zero-order chi connectivity index (χ0) is 21.3. The highest BCUT2D eigenvalue weighted by molar-refractivity contribution is 7.90. The number of fused-ring (bicyclic) bond motifs is 2. The summed E-state index contributed by atoms with van der Waals surface area (Å²) in [5, 5.41) is 3.54. The van der Waals surface area contributed by atoms with Crippen molar-refractivity contribution in [3.8, 4) is 16.9 Å². The number of anilines is 1. The lowest BCUT2D eigenvalue weighted by molar-refractivity contribution is -0.131. The molecule has 0 radical (unpaired) electrons. The van der Waals surface area contributed by atoms with E-state index < -0.39 is 15.4 Å². The van der Waals surface area contributed by atoms with Crippen LogP contribution in [0.1, 0.15) is 25.7 Å². The summed E-state index contributed by atoms with van der Waals surface area (Å²) < 4.78 is 32.5. The molecule has 1 aliphatic heterocycles. The van der Waals surface area contributed by atoms with E-state index in [4.69, 9.17) is 4.74 Å². The van der Waals surface area contributed by atoms with E-state index in [1.165, 1.54) is 10.6 Å². The highest BCUT2D eigenvalue weighted by Crippen LogP contribution is 2.48. The van der Waals surface area contributed by atoms with Crippen LogP contribution in [0.25, 0.3) is 22.0 Å². The molecule has 3 heterocycles. The lowest BCUT2D eigenvalue weighted by atomic mass is 9.95. The average Bonchev–Trinajstić information content (AvgIpc) is 3.35. The fraction of sp³-hybridized carbons (Fsp3) is 0.333. The highest BCUT2D eigenvalue weighted by Gasteiger charge is 2.47. The number of H-pyrrole nitrogens is 1. The summed E-state index contributed by atoms with van der Waals surface area (Å²) in [5.41, 5.74) is 0.802. The van der Waals surface area contributed by atoms with Gasteiger partial charge in [-0.1, -0.05) is 0 Å². The summed E-state index contributed by atoms with van der Waals surface area (Å²) in [6.07, 6.45) is 7.46. The first-order valence-electron chi connectivity index (χ1n) is 9.75. The Labute approximate surface area is 172 Å². The molecular weight excluding hydrogens is 406 g/mol. The van der Waals surface area contributed by atoms with Crippen LogP contribution in [0.2, 0.25) is 0 Å². The summed E-state index contributed by atoms with van der Waals surface area (Å²) >= 11 is 0. The molecule has 0 atom stereocenters. The van der Waals surface area contributed by atoms with Crippen LogP contribution in [0, 0.1) is 0 Å². The summed E-state index contributed by atoms with van der Waals surface area (Å²) in [4.78, 5) is 28.3. The zero-order valence-corrected chi connectivity index (χ0v) is 17.4. The number of amides is 1. The maximum Gasteiger partial charge on any atom is 0.274 e. The average molecular weight is 427 g/mol. The second-order valence-electron chi connectivity index (χ2n) is 8.10. The molecule has 30 heavy (non-hydrogen) atoms. The lowest BCUT2D eigenvalue weighted by Gasteiger charge is -2.35. The Kier molecular flexibility index (Phi) is 3.92. The van der Waals surface area contributed by atoms with Crippen LogP contribution in [0.4, 0.5) is 5.69 Å². The number of carbonyl (C=O) groups excluding carboxylic acids is 1. The monoisotopic (exact) mass is 427 g/mol. The van der Waals surface area contributed by atoms with Gasteiger partial charge in [-0.05, 0) is 43.9 Å². The smallest absolute Gasteiger partial charge is 0.274 e. The van der Waals surface area contributed by atoms with Crippen molar-refractivity contribution in [1.82, 2.24) is 9.55 Å². The number of aryl methyl sites for hydroxylation is 1. The number of nitrogens with zero attached hydrogens (tertiary/aromatic N) is 1. The van der Waals surface area contributed by atoms with Crippen molar-refractivity contribution in [3.05, 3.63) is 40.9 Å². The Morgan fingerprint density at radius 1 is 1.13 bits per heavy atom. The first-order valence-corrected chi connectivity index (χ1v) is 11.6. The van der Waals surface area contributed by atoms with Crippen molar-refractivity contribution in [2.75, 3.05) is 11.6 Å². The predicted octanol–water partition coefficient (Wildman–Crippen LogP) is 2.58. The van der Waals surface area contributed by atoms with Gasteiger partial charge in [-0.25, -0.2) is 8.42 Å². The van der Waals surface area contributed by atoms with E-state index in [1.807, 2.05) is 0 Å². The van der Waals surface area contributed by atoms with E-state index in [9.17, 15) is 18.0 Å². The van der Waals surface area contributed by atoms with Crippen molar-refractivity contribution in [3.63, 3.8) is 0 Å². The van der Waals surface area contributed by atoms with Gasteiger partial charge in [0, 0.05) is 42.2 Å². The van der Waals surface area contributed by atoms with E-state index in [1.54, 1.807) is 31.6 Å². The zero-order valence-electron chi connectivity index (χ0n) is 16.6. The number of carbonyl (C=O) groups is 1. The molecule has 1 amide bonds. The molecule has 156 valence electrons. The third-order valence-electron chi connectivity index (χ3n) is 6.05.